The molecule has 22 heavy (non-hydrogen) atoms. The summed E-state index contributed by atoms with van der Waals surface area (Å²) in [6, 6.07) is 12.3. The molecule has 0 aliphatic rings. The highest BCUT2D eigenvalue weighted by Crippen LogP contribution is 2.31. The van der Waals surface area contributed by atoms with Crippen LogP contribution in [0.4, 0.5) is 0 Å². The number of halogens is 1. The van der Waals surface area contributed by atoms with Crippen LogP contribution in [-0.4, -0.2) is 16.7 Å². The highest BCUT2D eigenvalue weighted by molar-refractivity contribution is 9.10. The molecule has 0 aliphatic carbocycles. The van der Waals surface area contributed by atoms with E-state index in [0.29, 0.717) is 0 Å². The van der Waals surface area contributed by atoms with Crippen molar-refractivity contribution in [2.24, 2.45) is 0 Å². The zero-order chi connectivity index (χ0) is 15.7. The Morgan fingerprint density at radius 3 is 2.45 bits per heavy atom. The van der Waals surface area contributed by atoms with Crippen LogP contribution in [0, 0.1) is 13.8 Å². The summed E-state index contributed by atoms with van der Waals surface area (Å²) in [6.07, 6.45) is 3.84. The second kappa shape index (κ2) is 5.97. The van der Waals surface area contributed by atoms with Crippen LogP contribution < -0.4 is 4.74 Å². The first-order valence-corrected chi connectivity index (χ1v) is 7.85. The number of benzene rings is 2. The lowest BCUT2D eigenvalue weighted by Gasteiger charge is -2.14. The molecule has 0 saturated heterocycles. The van der Waals surface area contributed by atoms with E-state index in [1.54, 1.807) is 7.11 Å². The minimum atomic E-state index is 0.814. The number of nitrogens with zero attached hydrogens (tertiary/aromatic N) is 2. The molecule has 0 aliphatic heterocycles. The number of hydrogen-bond donors (Lipinski definition) is 0. The second-order valence-corrected chi connectivity index (χ2v) is 6.06. The molecule has 0 radical (unpaired) electrons. The fraction of sp³-hybridized carbons (Fsp3) is 0.167. The van der Waals surface area contributed by atoms with Gasteiger partial charge >= 0.3 is 0 Å². The van der Waals surface area contributed by atoms with Crippen molar-refractivity contribution < 1.29 is 4.74 Å². The Hall–Kier alpha value is -2.07. The lowest BCUT2D eigenvalue weighted by atomic mass is 10.1. The molecular weight excluding hydrogens is 340 g/mol. The van der Waals surface area contributed by atoms with E-state index >= 15 is 0 Å². The standard InChI is InChI=1S/C18H17BrN2O/c1-12-5-4-6-13(2)17(12)21-10-9-20-18(21)14-7-8-16(22-3)15(19)11-14/h4-11H,1-3H3. The van der Waals surface area contributed by atoms with E-state index < -0.39 is 0 Å². The van der Waals surface area contributed by atoms with Gasteiger partial charge in [-0.15, -0.1) is 0 Å². The van der Waals surface area contributed by atoms with Gasteiger partial charge in [0.25, 0.3) is 0 Å². The molecule has 0 spiro atoms. The van der Waals surface area contributed by atoms with Gasteiger partial charge < -0.3 is 4.74 Å². The van der Waals surface area contributed by atoms with E-state index in [4.69, 9.17) is 4.74 Å². The molecule has 3 rings (SSSR count). The molecule has 3 nitrogen and oxygen atoms in total. The van der Waals surface area contributed by atoms with E-state index in [2.05, 4.69) is 57.5 Å². The molecule has 0 saturated carbocycles. The number of rotatable bonds is 3. The van der Waals surface area contributed by atoms with Gasteiger partial charge in [0.2, 0.25) is 0 Å². The lowest BCUT2D eigenvalue weighted by molar-refractivity contribution is 0.412. The fourth-order valence-electron chi connectivity index (χ4n) is 2.69. The third-order valence-electron chi connectivity index (χ3n) is 3.73. The number of aryl methyl sites for hydroxylation is 2. The van der Waals surface area contributed by atoms with Crippen molar-refractivity contribution in [2.45, 2.75) is 13.8 Å². The molecule has 0 bridgehead atoms. The van der Waals surface area contributed by atoms with Crippen LogP contribution in [0.2, 0.25) is 0 Å². The van der Waals surface area contributed by atoms with Gasteiger partial charge in [0.1, 0.15) is 11.6 Å². The van der Waals surface area contributed by atoms with E-state index in [9.17, 15) is 0 Å². The van der Waals surface area contributed by atoms with Crippen LogP contribution in [0.15, 0.2) is 53.3 Å². The van der Waals surface area contributed by atoms with Crippen LogP contribution >= 0.6 is 15.9 Å². The molecule has 4 heteroatoms. The topological polar surface area (TPSA) is 27.1 Å². The Morgan fingerprint density at radius 1 is 1.09 bits per heavy atom. The van der Waals surface area contributed by atoms with Gasteiger partial charge in [0.15, 0.2) is 0 Å². The predicted molar refractivity (Wildman–Crippen MR) is 92.7 cm³/mol. The second-order valence-electron chi connectivity index (χ2n) is 5.21. The van der Waals surface area contributed by atoms with E-state index in [0.717, 1.165) is 21.6 Å². The van der Waals surface area contributed by atoms with Crippen LogP contribution in [-0.2, 0) is 0 Å². The Kier molecular flexibility index (Phi) is 4.03. The molecule has 1 aromatic heterocycles. The SMILES string of the molecule is COc1ccc(-c2nccn2-c2c(C)cccc2C)cc1Br. The minimum absolute atomic E-state index is 0.814. The molecule has 1 heterocycles. The third kappa shape index (κ3) is 2.55. The predicted octanol–water partition coefficient (Wildman–Crippen LogP) is 4.93. The van der Waals surface area contributed by atoms with Gasteiger partial charge in [0.05, 0.1) is 17.3 Å². The number of aromatic nitrogens is 2. The summed E-state index contributed by atoms with van der Waals surface area (Å²) in [7, 11) is 1.66. The van der Waals surface area contributed by atoms with Gasteiger partial charge in [-0.3, -0.25) is 4.57 Å². The van der Waals surface area contributed by atoms with Crippen molar-refractivity contribution in [3.05, 3.63) is 64.4 Å². The van der Waals surface area contributed by atoms with Crippen LogP contribution in [0.3, 0.4) is 0 Å². The summed E-state index contributed by atoms with van der Waals surface area (Å²) in [5.74, 6) is 1.73. The summed E-state index contributed by atoms with van der Waals surface area (Å²) in [4.78, 5) is 4.54. The maximum Gasteiger partial charge on any atom is 0.144 e. The average Bonchev–Trinajstić information content (AvgIpc) is 2.96. The largest absolute Gasteiger partial charge is 0.496 e. The summed E-state index contributed by atoms with van der Waals surface area (Å²) >= 11 is 3.54. The van der Waals surface area contributed by atoms with Crippen LogP contribution in [0.1, 0.15) is 11.1 Å². The van der Waals surface area contributed by atoms with Gasteiger partial charge in [0, 0.05) is 18.0 Å². The van der Waals surface area contributed by atoms with Gasteiger partial charge in [-0.25, -0.2) is 4.98 Å². The Morgan fingerprint density at radius 2 is 1.82 bits per heavy atom. The average molecular weight is 357 g/mol. The number of hydrogen-bond acceptors (Lipinski definition) is 2. The number of imidazole rings is 1. The van der Waals surface area contributed by atoms with Gasteiger partial charge in [-0.05, 0) is 59.1 Å². The van der Waals surface area contributed by atoms with Crippen molar-refractivity contribution in [2.75, 3.05) is 7.11 Å². The van der Waals surface area contributed by atoms with Crippen molar-refractivity contribution in [3.63, 3.8) is 0 Å². The molecule has 0 unspecified atom stereocenters. The summed E-state index contributed by atoms with van der Waals surface area (Å²) in [5.41, 5.74) is 4.68. The van der Waals surface area contributed by atoms with E-state index in [1.807, 2.05) is 30.6 Å². The molecule has 0 N–H and O–H groups in total. The molecule has 112 valence electrons. The first kappa shape index (κ1) is 14.9. The molecule has 0 atom stereocenters. The van der Waals surface area contributed by atoms with E-state index in [-0.39, 0.29) is 0 Å². The first-order chi connectivity index (χ1) is 10.6. The maximum atomic E-state index is 5.30. The summed E-state index contributed by atoms with van der Waals surface area (Å²) in [5, 5.41) is 0. The Balaban J connectivity index is 2.16. The Bertz CT molecular complexity index is 803. The molecular formula is C18H17BrN2O. The van der Waals surface area contributed by atoms with Crippen molar-refractivity contribution >= 4 is 15.9 Å². The van der Waals surface area contributed by atoms with Gasteiger partial charge in [-0.2, -0.15) is 0 Å². The van der Waals surface area contributed by atoms with Crippen molar-refractivity contribution in [1.82, 2.24) is 9.55 Å². The lowest BCUT2D eigenvalue weighted by Crippen LogP contribution is -2.01. The number of ether oxygens (including phenoxy) is 1. The van der Waals surface area contributed by atoms with Crippen molar-refractivity contribution in [1.29, 1.82) is 0 Å². The fourth-order valence-corrected chi connectivity index (χ4v) is 3.23. The zero-order valence-electron chi connectivity index (χ0n) is 12.8. The number of para-hydroxylation sites is 1. The van der Waals surface area contributed by atoms with Crippen LogP contribution in [0.25, 0.3) is 17.1 Å². The van der Waals surface area contributed by atoms with E-state index in [1.165, 1.54) is 16.8 Å². The number of methoxy groups -OCH3 is 1. The molecule has 3 aromatic rings. The monoisotopic (exact) mass is 356 g/mol. The highest BCUT2D eigenvalue weighted by atomic mass is 79.9. The summed E-state index contributed by atoms with van der Waals surface area (Å²) in [6.45, 7) is 4.24. The summed E-state index contributed by atoms with van der Waals surface area (Å²) < 4.78 is 8.35. The molecule has 2 aromatic carbocycles. The van der Waals surface area contributed by atoms with Gasteiger partial charge in [-0.1, -0.05) is 18.2 Å². The Labute approximate surface area is 138 Å². The minimum Gasteiger partial charge on any atom is -0.496 e. The van der Waals surface area contributed by atoms with Crippen LogP contribution in [0.5, 0.6) is 5.75 Å². The molecule has 0 fully saturated rings. The quantitative estimate of drug-likeness (QED) is 0.665. The zero-order valence-corrected chi connectivity index (χ0v) is 14.4. The van der Waals surface area contributed by atoms with Crippen molar-refractivity contribution in [3.8, 4) is 22.8 Å². The first-order valence-electron chi connectivity index (χ1n) is 7.05. The maximum absolute atomic E-state index is 5.30. The highest BCUT2D eigenvalue weighted by Gasteiger charge is 2.13. The normalized spacial score (nSPS) is 10.7. The third-order valence-corrected chi connectivity index (χ3v) is 4.35. The smallest absolute Gasteiger partial charge is 0.144 e. The molecule has 0 amide bonds.